The molecular formula is C17H30N2O. The van der Waals surface area contributed by atoms with Gasteiger partial charge in [-0.2, -0.15) is 5.26 Å². The molecule has 1 saturated carbocycles. The Morgan fingerprint density at radius 1 is 1.20 bits per heavy atom. The van der Waals surface area contributed by atoms with E-state index in [4.69, 9.17) is 0 Å². The molecule has 3 nitrogen and oxygen atoms in total. The fourth-order valence-electron chi connectivity index (χ4n) is 4.15. The lowest BCUT2D eigenvalue weighted by Crippen LogP contribution is -2.56. The number of likely N-dealkylation sites (tertiary alicyclic amines) is 1. The van der Waals surface area contributed by atoms with Crippen LogP contribution >= 0.6 is 0 Å². The maximum Gasteiger partial charge on any atom is 0.0861 e. The summed E-state index contributed by atoms with van der Waals surface area (Å²) < 4.78 is 0. The van der Waals surface area contributed by atoms with Gasteiger partial charge in [0.1, 0.15) is 0 Å². The van der Waals surface area contributed by atoms with Crippen molar-refractivity contribution in [2.45, 2.75) is 77.4 Å². The summed E-state index contributed by atoms with van der Waals surface area (Å²) in [6.07, 6.45) is 6.73. The third kappa shape index (κ3) is 2.73. The zero-order valence-electron chi connectivity index (χ0n) is 13.4. The average Bonchev–Trinajstić information content (AvgIpc) is 2.47. The molecule has 1 aliphatic carbocycles. The van der Waals surface area contributed by atoms with Crippen molar-refractivity contribution in [3.8, 4) is 6.07 Å². The first kappa shape index (κ1) is 15.8. The van der Waals surface area contributed by atoms with Crippen molar-refractivity contribution in [3.05, 3.63) is 0 Å². The summed E-state index contributed by atoms with van der Waals surface area (Å²) in [7, 11) is 0. The predicted octanol–water partition coefficient (Wildman–Crippen LogP) is 3.33. The maximum absolute atomic E-state index is 11.2. The molecule has 114 valence electrons. The highest BCUT2D eigenvalue weighted by molar-refractivity contribution is 5.14. The van der Waals surface area contributed by atoms with Crippen LogP contribution in [0.1, 0.15) is 65.7 Å². The van der Waals surface area contributed by atoms with Crippen molar-refractivity contribution in [1.82, 2.24) is 4.90 Å². The van der Waals surface area contributed by atoms with Gasteiger partial charge < -0.3 is 10.0 Å². The molecular weight excluding hydrogens is 248 g/mol. The maximum atomic E-state index is 11.2. The van der Waals surface area contributed by atoms with E-state index in [9.17, 15) is 10.4 Å². The van der Waals surface area contributed by atoms with Crippen molar-refractivity contribution in [3.63, 3.8) is 0 Å². The predicted molar refractivity (Wildman–Crippen MR) is 81.2 cm³/mol. The first-order valence-electron chi connectivity index (χ1n) is 8.34. The number of hydrogen-bond donors (Lipinski definition) is 1. The number of nitrogens with zero attached hydrogens (tertiary/aromatic N) is 2. The third-order valence-corrected chi connectivity index (χ3v) is 6.00. The van der Waals surface area contributed by atoms with Crippen LogP contribution in [0, 0.1) is 22.7 Å². The van der Waals surface area contributed by atoms with Crippen LogP contribution in [-0.4, -0.2) is 34.7 Å². The van der Waals surface area contributed by atoms with E-state index in [1.807, 2.05) is 0 Å². The molecule has 2 rings (SSSR count). The van der Waals surface area contributed by atoms with Crippen molar-refractivity contribution >= 4 is 0 Å². The van der Waals surface area contributed by atoms with Gasteiger partial charge >= 0.3 is 0 Å². The molecule has 2 fully saturated rings. The van der Waals surface area contributed by atoms with Gasteiger partial charge in [-0.3, -0.25) is 0 Å². The minimum atomic E-state index is -0.758. The Kier molecular flexibility index (Phi) is 4.76. The molecule has 0 spiro atoms. The number of rotatable bonds is 3. The minimum Gasteiger partial charge on any atom is -0.388 e. The molecule has 0 aromatic rings. The molecule has 0 radical (unpaired) electrons. The number of hydrogen-bond acceptors (Lipinski definition) is 3. The SMILES string of the molecule is CCC1CCC(C#N)(C2(O)CCN(C(C)C)CC2)CC1. The summed E-state index contributed by atoms with van der Waals surface area (Å²) in [5.41, 5.74) is -1.24. The molecule has 1 heterocycles. The Morgan fingerprint density at radius 2 is 1.75 bits per heavy atom. The van der Waals surface area contributed by atoms with Crippen LogP contribution < -0.4 is 0 Å². The molecule has 2 aliphatic rings. The minimum absolute atomic E-state index is 0.484. The normalized spacial score (nSPS) is 34.9. The van der Waals surface area contributed by atoms with Gasteiger partial charge in [-0.05, 0) is 58.3 Å². The molecule has 0 bridgehead atoms. The molecule has 0 amide bonds. The lowest BCUT2D eigenvalue weighted by molar-refractivity contribution is -0.117. The van der Waals surface area contributed by atoms with Crippen LogP contribution in [0.15, 0.2) is 0 Å². The summed E-state index contributed by atoms with van der Waals surface area (Å²) in [6.45, 7) is 8.50. The van der Waals surface area contributed by atoms with E-state index in [-0.39, 0.29) is 0 Å². The van der Waals surface area contributed by atoms with E-state index in [1.54, 1.807) is 0 Å². The summed E-state index contributed by atoms with van der Waals surface area (Å²) in [4.78, 5) is 2.41. The van der Waals surface area contributed by atoms with Crippen molar-refractivity contribution in [2.75, 3.05) is 13.1 Å². The zero-order chi connectivity index (χ0) is 14.8. The smallest absolute Gasteiger partial charge is 0.0861 e. The molecule has 3 heteroatoms. The summed E-state index contributed by atoms with van der Waals surface area (Å²) >= 11 is 0. The van der Waals surface area contributed by atoms with E-state index in [2.05, 4.69) is 31.7 Å². The van der Waals surface area contributed by atoms with Crippen LogP contribution in [-0.2, 0) is 0 Å². The van der Waals surface area contributed by atoms with Gasteiger partial charge in [-0.15, -0.1) is 0 Å². The summed E-state index contributed by atoms with van der Waals surface area (Å²) in [6, 6.07) is 3.08. The molecule has 0 unspecified atom stereocenters. The van der Waals surface area contributed by atoms with Crippen LogP contribution in [0.5, 0.6) is 0 Å². The summed E-state index contributed by atoms with van der Waals surface area (Å²) in [5, 5.41) is 20.9. The molecule has 0 aromatic carbocycles. The van der Waals surface area contributed by atoms with Gasteiger partial charge in [-0.25, -0.2) is 0 Å². The highest BCUT2D eigenvalue weighted by Crippen LogP contribution is 2.50. The van der Waals surface area contributed by atoms with E-state index in [1.165, 1.54) is 6.42 Å². The van der Waals surface area contributed by atoms with Gasteiger partial charge in [0, 0.05) is 19.1 Å². The second kappa shape index (κ2) is 6.03. The molecule has 0 atom stereocenters. The van der Waals surface area contributed by atoms with E-state index >= 15 is 0 Å². The lowest BCUT2D eigenvalue weighted by Gasteiger charge is -2.50. The van der Waals surface area contributed by atoms with Crippen LogP contribution in [0.3, 0.4) is 0 Å². The van der Waals surface area contributed by atoms with Crippen molar-refractivity contribution in [2.24, 2.45) is 11.3 Å². The Morgan fingerprint density at radius 3 is 2.15 bits per heavy atom. The standard InChI is InChI=1S/C17H30N2O/c1-4-15-5-7-16(13-18,8-6-15)17(20)9-11-19(12-10-17)14(2)3/h14-15,20H,4-12H2,1-3H3. The molecule has 1 saturated heterocycles. The van der Waals surface area contributed by atoms with Gasteiger partial charge in [0.15, 0.2) is 0 Å². The second-order valence-corrected chi connectivity index (χ2v) is 7.21. The third-order valence-electron chi connectivity index (χ3n) is 6.00. The van der Waals surface area contributed by atoms with E-state index < -0.39 is 11.0 Å². The van der Waals surface area contributed by atoms with E-state index in [0.717, 1.165) is 57.5 Å². The Bertz CT molecular complexity index is 356. The van der Waals surface area contributed by atoms with Crippen molar-refractivity contribution < 1.29 is 5.11 Å². The highest BCUT2D eigenvalue weighted by atomic mass is 16.3. The van der Waals surface area contributed by atoms with Crippen molar-refractivity contribution in [1.29, 1.82) is 5.26 Å². The average molecular weight is 278 g/mol. The number of piperidine rings is 1. The Labute approximate surface area is 124 Å². The largest absolute Gasteiger partial charge is 0.388 e. The second-order valence-electron chi connectivity index (χ2n) is 7.21. The first-order valence-corrected chi connectivity index (χ1v) is 8.34. The number of aliphatic hydroxyl groups is 1. The van der Waals surface area contributed by atoms with Gasteiger partial charge in [0.2, 0.25) is 0 Å². The highest BCUT2D eigenvalue weighted by Gasteiger charge is 2.53. The Balaban J connectivity index is 2.07. The quantitative estimate of drug-likeness (QED) is 0.861. The lowest BCUT2D eigenvalue weighted by atomic mass is 9.59. The summed E-state index contributed by atoms with van der Waals surface area (Å²) in [5.74, 6) is 0.760. The Hall–Kier alpha value is -0.590. The fourth-order valence-corrected chi connectivity index (χ4v) is 4.15. The molecule has 1 aliphatic heterocycles. The molecule has 20 heavy (non-hydrogen) atoms. The van der Waals surface area contributed by atoms with Crippen LogP contribution in [0.4, 0.5) is 0 Å². The number of nitriles is 1. The zero-order valence-corrected chi connectivity index (χ0v) is 13.4. The van der Waals surface area contributed by atoms with Crippen LogP contribution in [0.25, 0.3) is 0 Å². The van der Waals surface area contributed by atoms with Gasteiger partial charge in [-0.1, -0.05) is 13.3 Å². The van der Waals surface area contributed by atoms with E-state index in [0.29, 0.717) is 6.04 Å². The van der Waals surface area contributed by atoms with Gasteiger partial charge in [0.25, 0.3) is 0 Å². The molecule has 0 aromatic heterocycles. The van der Waals surface area contributed by atoms with Crippen LogP contribution in [0.2, 0.25) is 0 Å². The fraction of sp³-hybridized carbons (Fsp3) is 0.941. The monoisotopic (exact) mass is 278 g/mol. The first-order chi connectivity index (χ1) is 9.46. The van der Waals surface area contributed by atoms with Gasteiger partial charge in [0.05, 0.1) is 17.1 Å². The topological polar surface area (TPSA) is 47.3 Å². The molecule has 1 N–H and O–H groups in total.